The summed E-state index contributed by atoms with van der Waals surface area (Å²) in [6.45, 7) is 3.99. The van der Waals surface area contributed by atoms with Crippen LogP contribution in [0.2, 0.25) is 0 Å². The minimum absolute atomic E-state index is 0.00906. The number of carbonyl (C=O) groups is 1. The van der Waals surface area contributed by atoms with Gasteiger partial charge in [0.05, 0.1) is 17.8 Å². The van der Waals surface area contributed by atoms with E-state index in [1.807, 2.05) is 74.5 Å². The van der Waals surface area contributed by atoms with Crippen LogP contribution in [-0.4, -0.2) is 28.1 Å². The molecule has 2 aromatic heterocycles. The molecule has 6 nitrogen and oxygen atoms in total. The van der Waals surface area contributed by atoms with Gasteiger partial charge in [0.15, 0.2) is 0 Å². The quantitative estimate of drug-likeness (QED) is 0.438. The van der Waals surface area contributed by atoms with Crippen LogP contribution in [0.4, 0.5) is 0 Å². The van der Waals surface area contributed by atoms with Gasteiger partial charge in [-0.05, 0) is 30.3 Å². The molecule has 0 aliphatic rings. The van der Waals surface area contributed by atoms with Gasteiger partial charge in [-0.2, -0.15) is 0 Å². The van der Waals surface area contributed by atoms with Crippen molar-refractivity contribution in [3.05, 3.63) is 84.0 Å². The number of benzene rings is 2. The van der Waals surface area contributed by atoms with Crippen LogP contribution in [0.3, 0.4) is 0 Å². The van der Waals surface area contributed by atoms with Crippen molar-refractivity contribution in [2.75, 3.05) is 7.05 Å². The van der Waals surface area contributed by atoms with Gasteiger partial charge >= 0.3 is 0 Å². The number of aliphatic hydroxyl groups excluding tert-OH is 1. The Hall–Kier alpha value is -3.61. The lowest BCUT2D eigenvalue weighted by Gasteiger charge is -2.12. The lowest BCUT2D eigenvalue weighted by molar-refractivity contribution is 0.282. The molecule has 0 radical (unpaired) electrons. The third kappa shape index (κ3) is 5.12. The molecular formula is C25H28N4O2. The summed E-state index contributed by atoms with van der Waals surface area (Å²) in [4.78, 5) is 16.0. The number of nitrogens with one attached hydrogen (secondary N) is 1. The Balaban J connectivity index is 0.000000807. The number of aliphatic hydroxyl groups is 1. The lowest BCUT2D eigenvalue weighted by Crippen LogP contribution is -2.19. The van der Waals surface area contributed by atoms with Gasteiger partial charge in [0.25, 0.3) is 0 Å². The molecule has 0 unspecified atom stereocenters. The van der Waals surface area contributed by atoms with Crippen LogP contribution in [-0.2, 0) is 11.4 Å². The lowest BCUT2D eigenvalue weighted by atomic mass is 9.97. The van der Waals surface area contributed by atoms with Gasteiger partial charge in [-0.25, -0.2) is 4.98 Å². The smallest absolute Gasteiger partial charge is 0.219 e. The van der Waals surface area contributed by atoms with E-state index >= 15 is 0 Å². The van der Waals surface area contributed by atoms with Gasteiger partial charge < -0.3 is 10.8 Å². The molecule has 160 valence electrons. The minimum atomic E-state index is -0.00906. The number of carbonyl (C=O) groups excluding carboxylic acids is 1. The number of aromatic nitrogens is 2. The van der Waals surface area contributed by atoms with Crippen LogP contribution in [0.15, 0.2) is 72.9 Å². The Morgan fingerprint density at radius 1 is 1.00 bits per heavy atom. The molecule has 0 fully saturated rings. The number of rotatable bonds is 4. The molecular weight excluding hydrogens is 388 g/mol. The summed E-state index contributed by atoms with van der Waals surface area (Å²) in [5, 5.41) is 18.2. The maximum atomic E-state index is 11.2. The van der Waals surface area contributed by atoms with Crippen molar-refractivity contribution in [3.63, 3.8) is 0 Å². The van der Waals surface area contributed by atoms with Crippen molar-refractivity contribution in [1.29, 1.82) is 5.41 Å². The van der Waals surface area contributed by atoms with Crippen LogP contribution in [0.1, 0.15) is 19.4 Å². The standard InChI is InChI=1S/C22H17N3O2.C2H6.CH5N/c23-22-19-12-18(16-4-2-1-3-5-16)21(17-8-6-15(13-26)7-9-17)24-20(19)10-11-25(22)14-27;2*1-2/h1-12,14,23,26H,13H2;1-2H3;2H2,1H3. The zero-order valence-electron chi connectivity index (χ0n) is 18.0. The van der Waals surface area contributed by atoms with Crippen molar-refractivity contribution in [2.45, 2.75) is 20.5 Å². The van der Waals surface area contributed by atoms with Gasteiger partial charge in [-0.1, -0.05) is 68.4 Å². The zero-order chi connectivity index (χ0) is 22.8. The molecule has 0 saturated heterocycles. The van der Waals surface area contributed by atoms with Crippen LogP contribution in [0, 0.1) is 5.41 Å². The van der Waals surface area contributed by atoms with Gasteiger partial charge in [0.1, 0.15) is 5.49 Å². The highest BCUT2D eigenvalue weighted by Gasteiger charge is 2.13. The molecule has 4 N–H and O–H groups in total. The van der Waals surface area contributed by atoms with Crippen LogP contribution in [0.5, 0.6) is 0 Å². The first kappa shape index (κ1) is 23.7. The van der Waals surface area contributed by atoms with Gasteiger partial charge in [-0.15, -0.1) is 0 Å². The molecule has 2 aromatic carbocycles. The second-order valence-corrected chi connectivity index (χ2v) is 6.22. The molecule has 0 bridgehead atoms. The fourth-order valence-electron chi connectivity index (χ4n) is 3.12. The molecule has 4 rings (SSSR count). The average molecular weight is 417 g/mol. The summed E-state index contributed by atoms with van der Waals surface area (Å²) in [7, 11) is 1.50. The molecule has 0 spiro atoms. The summed E-state index contributed by atoms with van der Waals surface area (Å²) >= 11 is 0. The molecule has 0 atom stereocenters. The SMILES string of the molecule is CC.CN.N=c1c2cc(-c3ccccc3)c(-c3ccc(CO)cc3)nc2ccn1C=O. The first-order valence-corrected chi connectivity index (χ1v) is 10.1. The Morgan fingerprint density at radius 2 is 1.65 bits per heavy atom. The Kier molecular flexibility index (Phi) is 8.81. The Bertz CT molecular complexity index is 1180. The second-order valence-electron chi connectivity index (χ2n) is 6.22. The summed E-state index contributed by atoms with van der Waals surface area (Å²) < 4.78 is 1.23. The van der Waals surface area contributed by atoms with Gasteiger partial charge in [-0.3, -0.25) is 14.8 Å². The van der Waals surface area contributed by atoms with Crippen molar-refractivity contribution in [2.24, 2.45) is 5.73 Å². The van der Waals surface area contributed by atoms with Crippen LogP contribution >= 0.6 is 0 Å². The number of fused-ring (bicyclic) bond motifs is 1. The van der Waals surface area contributed by atoms with E-state index < -0.39 is 0 Å². The number of hydrogen-bond acceptors (Lipinski definition) is 5. The van der Waals surface area contributed by atoms with E-state index in [1.165, 1.54) is 11.6 Å². The predicted octanol–water partition coefficient (Wildman–Crippen LogP) is 3.98. The molecule has 0 saturated carbocycles. The van der Waals surface area contributed by atoms with E-state index in [4.69, 9.17) is 10.4 Å². The molecule has 0 amide bonds. The highest BCUT2D eigenvalue weighted by atomic mass is 16.3. The maximum Gasteiger partial charge on any atom is 0.219 e. The van der Waals surface area contributed by atoms with Crippen molar-refractivity contribution in [1.82, 2.24) is 9.55 Å². The van der Waals surface area contributed by atoms with E-state index in [2.05, 4.69) is 5.73 Å². The summed E-state index contributed by atoms with van der Waals surface area (Å²) in [5.74, 6) is 0. The topological polar surface area (TPSA) is 105 Å². The van der Waals surface area contributed by atoms with Gasteiger partial charge in [0.2, 0.25) is 6.41 Å². The highest BCUT2D eigenvalue weighted by Crippen LogP contribution is 2.32. The molecule has 2 heterocycles. The second kappa shape index (κ2) is 11.5. The maximum absolute atomic E-state index is 11.2. The Labute approximate surface area is 182 Å². The van der Waals surface area contributed by atoms with E-state index in [-0.39, 0.29) is 12.1 Å². The normalized spacial score (nSPS) is 9.84. The molecule has 6 heteroatoms. The molecule has 31 heavy (non-hydrogen) atoms. The van der Waals surface area contributed by atoms with Crippen molar-refractivity contribution >= 4 is 17.3 Å². The van der Waals surface area contributed by atoms with E-state index in [0.717, 1.165) is 27.9 Å². The fraction of sp³-hybridized carbons (Fsp3) is 0.160. The number of pyridine rings is 2. The van der Waals surface area contributed by atoms with Crippen LogP contribution < -0.4 is 11.2 Å². The first-order valence-electron chi connectivity index (χ1n) is 10.1. The van der Waals surface area contributed by atoms with E-state index in [0.29, 0.717) is 17.3 Å². The average Bonchev–Trinajstić information content (AvgIpc) is 2.87. The van der Waals surface area contributed by atoms with E-state index in [9.17, 15) is 9.90 Å². The Morgan fingerprint density at radius 3 is 2.23 bits per heavy atom. The third-order valence-corrected chi connectivity index (χ3v) is 4.57. The monoisotopic (exact) mass is 416 g/mol. The largest absolute Gasteiger partial charge is 0.392 e. The first-order chi connectivity index (χ1) is 15.2. The third-order valence-electron chi connectivity index (χ3n) is 4.57. The fourth-order valence-corrected chi connectivity index (χ4v) is 3.12. The molecule has 0 aliphatic carbocycles. The van der Waals surface area contributed by atoms with Crippen LogP contribution in [0.25, 0.3) is 33.3 Å². The number of nitrogens with two attached hydrogens (primary N) is 1. The number of nitrogens with zero attached hydrogens (tertiary/aromatic N) is 2. The predicted molar refractivity (Wildman–Crippen MR) is 126 cm³/mol. The van der Waals surface area contributed by atoms with E-state index in [1.54, 1.807) is 12.3 Å². The summed E-state index contributed by atoms with van der Waals surface area (Å²) in [6.07, 6.45) is 2.16. The summed E-state index contributed by atoms with van der Waals surface area (Å²) in [6, 6.07) is 21.1. The molecule has 0 aliphatic heterocycles. The minimum Gasteiger partial charge on any atom is -0.392 e. The zero-order valence-corrected chi connectivity index (χ0v) is 18.0. The van der Waals surface area contributed by atoms with Gasteiger partial charge in [0, 0.05) is 22.7 Å². The highest BCUT2D eigenvalue weighted by molar-refractivity contribution is 5.91. The summed E-state index contributed by atoms with van der Waals surface area (Å²) in [5.41, 5.74) is 9.67. The number of hydrogen-bond donors (Lipinski definition) is 3. The van der Waals surface area contributed by atoms with Crippen molar-refractivity contribution in [3.8, 4) is 22.4 Å². The molecule has 4 aromatic rings. The van der Waals surface area contributed by atoms with Crippen molar-refractivity contribution < 1.29 is 9.90 Å².